The number of allylic oxidation sites excluding steroid dienone is 1. The highest BCUT2D eigenvalue weighted by atomic mass is 35.5. The standard InChI is InChI=1S/C11H8ClNO/c12-9-3-1-2-8(6-9)11-5-4-10(7-14)13-11/h1-7,11H/t11-/m0/s1. The monoisotopic (exact) mass is 205 g/mol. The predicted molar refractivity (Wildman–Crippen MR) is 56.8 cm³/mol. The lowest BCUT2D eigenvalue weighted by Gasteiger charge is -2.04. The molecule has 1 aliphatic rings. The first-order valence-electron chi connectivity index (χ1n) is 4.26. The molecule has 0 unspecified atom stereocenters. The molecule has 0 fully saturated rings. The summed E-state index contributed by atoms with van der Waals surface area (Å²) < 4.78 is 0. The minimum absolute atomic E-state index is 0.0612. The minimum Gasteiger partial charge on any atom is -0.296 e. The van der Waals surface area contributed by atoms with Gasteiger partial charge < -0.3 is 0 Å². The predicted octanol–water partition coefficient (Wildman–Crippen LogP) is 2.59. The van der Waals surface area contributed by atoms with Gasteiger partial charge in [0.05, 0.1) is 11.8 Å². The van der Waals surface area contributed by atoms with Crippen molar-refractivity contribution >= 4 is 23.6 Å². The summed E-state index contributed by atoms with van der Waals surface area (Å²) >= 11 is 5.85. The second kappa shape index (κ2) is 3.76. The van der Waals surface area contributed by atoms with Gasteiger partial charge >= 0.3 is 0 Å². The van der Waals surface area contributed by atoms with E-state index < -0.39 is 0 Å². The highest BCUT2D eigenvalue weighted by Crippen LogP contribution is 2.25. The molecule has 0 saturated carbocycles. The van der Waals surface area contributed by atoms with E-state index in [0.29, 0.717) is 10.7 Å². The van der Waals surface area contributed by atoms with Gasteiger partial charge in [-0.25, -0.2) is 0 Å². The molecule has 14 heavy (non-hydrogen) atoms. The van der Waals surface area contributed by atoms with Crippen LogP contribution in [0.1, 0.15) is 11.6 Å². The van der Waals surface area contributed by atoms with Gasteiger partial charge in [-0.05, 0) is 23.8 Å². The van der Waals surface area contributed by atoms with Crippen LogP contribution in [-0.2, 0) is 4.79 Å². The molecule has 0 saturated heterocycles. The molecule has 3 heteroatoms. The Morgan fingerprint density at radius 2 is 2.29 bits per heavy atom. The van der Waals surface area contributed by atoms with Crippen molar-refractivity contribution in [3.63, 3.8) is 0 Å². The molecule has 1 aromatic rings. The maximum atomic E-state index is 10.4. The van der Waals surface area contributed by atoms with E-state index in [2.05, 4.69) is 4.99 Å². The molecule has 2 nitrogen and oxygen atoms in total. The summed E-state index contributed by atoms with van der Waals surface area (Å²) in [5, 5.41) is 0.686. The Balaban J connectivity index is 2.30. The summed E-state index contributed by atoms with van der Waals surface area (Å²) in [6.07, 6.45) is 4.36. The highest BCUT2D eigenvalue weighted by Gasteiger charge is 2.12. The molecule has 0 spiro atoms. The number of carbonyl (C=O) groups is 1. The van der Waals surface area contributed by atoms with Crippen LogP contribution in [0.15, 0.2) is 41.4 Å². The molecule has 0 amide bonds. The zero-order valence-electron chi connectivity index (χ0n) is 7.35. The minimum atomic E-state index is -0.0612. The maximum absolute atomic E-state index is 10.4. The number of aliphatic imine (C=N–C) groups is 1. The SMILES string of the molecule is O=CC1=N[C@H](c2cccc(Cl)c2)C=C1. The summed E-state index contributed by atoms with van der Waals surface area (Å²) in [5.74, 6) is 0. The highest BCUT2D eigenvalue weighted by molar-refractivity contribution is 6.34. The van der Waals surface area contributed by atoms with E-state index in [0.717, 1.165) is 11.8 Å². The molecule has 0 aromatic heterocycles. The van der Waals surface area contributed by atoms with Crippen molar-refractivity contribution in [2.75, 3.05) is 0 Å². The van der Waals surface area contributed by atoms with Gasteiger partial charge in [0.2, 0.25) is 0 Å². The average molecular weight is 206 g/mol. The van der Waals surface area contributed by atoms with Crippen molar-refractivity contribution in [2.45, 2.75) is 6.04 Å². The lowest BCUT2D eigenvalue weighted by atomic mass is 10.1. The summed E-state index contributed by atoms with van der Waals surface area (Å²) in [6, 6.07) is 7.42. The Kier molecular flexibility index (Phi) is 2.46. The number of benzene rings is 1. The Bertz CT molecular complexity index is 423. The van der Waals surface area contributed by atoms with Crippen LogP contribution in [0.25, 0.3) is 0 Å². The van der Waals surface area contributed by atoms with Gasteiger partial charge in [-0.2, -0.15) is 0 Å². The zero-order chi connectivity index (χ0) is 9.97. The first kappa shape index (κ1) is 9.16. The van der Waals surface area contributed by atoms with E-state index in [1.165, 1.54) is 0 Å². The van der Waals surface area contributed by atoms with Crippen molar-refractivity contribution in [3.05, 3.63) is 47.0 Å². The topological polar surface area (TPSA) is 29.4 Å². The van der Waals surface area contributed by atoms with E-state index in [1.54, 1.807) is 6.08 Å². The summed E-state index contributed by atoms with van der Waals surface area (Å²) in [7, 11) is 0. The van der Waals surface area contributed by atoms with Crippen LogP contribution in [0, 0.1) is 0 Å². The lowest BCUT2D eigenvalue weighted by Crippen LogP contribution is -1.92. The quantitative estimate of drug-likeness (QED) is 0.683. The molecule has 1 aliphatic heterocycles. The first-order valence-corrected chi connectivity index (χ1v) is 4.64. The van der Waals surface area contributed by atoms with Crippen LogP contribution in [0.2, 0.25) is 5.02 Å². The van der Waals surface area contributed by atoms with Gasteiger partial charge in [-0.3, -0.25) is 9.79 Å². The van der Waals surface area contributed by atoms with E-state index in [9.17, 15) is 4.79 Å². The molecule has 1 aromatic carbocycles. The zero-order valence-corrected chi connectivity index (χ0v) is 8.11. The van der Waals surface area contributed by atoms with Crippen molar-refractivity contribution < 1.29 is 4.79 Å². The van der Waals surface area contributed by atoms with Gasteiger partial charge in [0.1, 0.15) is 0 Å². The first-order chi connectivity index (χ1) is 6.79. The Hall–Kier alpha value is -1.41. The summed E-state index contributed by atoms with van der Waals surface area (Å²) in [6.45, 7) is 0. The molecular formula is C11H8ClNO. The smallest absolute Gasteiger partial charge is 0.167 e. The van der Waals surface area contributed by atoms with Gasteiger partial charge in [0.15, 0.2) is 6.29 Å². The molecule has 2 rings (SSSR count). The number of hydrogen-bond donors (Lipinski definition) is 0. The van der Waals surface area contributed by atoms with Gasteiger partial charge in [0, 0.05) is 5.02 Å². The molecule has 1 atom stereocenters. The van der Waals surface area contributed by atoms with Crippen LogP contribution >= 0.6 is 11.6 Å². The fraction of sp³-hybridized carbons (Fsp3) is 0.0909. The molecule has 0 N–H and O–H groups in total. The molecule has 70 valence electrons. The number of rotatable bonds is 2. The number of hydrogen-bond acceptors (Lipinski definition) is 2. The molecule has 0 aliphatic carbocycles. The molecular weight excluding hydrogens is 198 g/mol. The fourth-order valence-electron chi connectivity index (χ4n) is 1.38. The number of halogens is 1. The number of nitrogens with zero attached hydrogens (tertiary/aromatic N) is 1. The third kappa shape index (κ3) is 1.75. The maximum Gasteiger partial charge on any atom is 0.167 e. The molecule has 0 bridgehead atoms. The Labute approximate surface area is 86.9 Å². The van der Waals surface area contributed by atoms with Gasteiger partial charge in [-0.15, -0.1) is 0 Å². The second-order valence-electron chi connectivity index (χ2n) is 3.03. The van der Waals surface area contributed by atoms with Gasteiger partial charge in [-0.1, -0.05) is 29.8 Å². The van der Waals surface area contributed by atoms with E-state index in [4.69, 9.17) is 11.6 Å². The van der Waals surface area contributed by atoms with E-state index in [-0.39, 0.29) is 6.04 Å². The van der Waals surface area contributed by atoms with E-state index >= 15 is 0 Å². The van der Waals surface area contributed by atoms with Crippen LogP contribution in [0.4, 0.5) is 0 Å². The van der Waals surface area contributed by atoms with E-state index in [1.807, 2.05) is 30.3 Å². The van der Waals surface area contributed by atoms with Crippen molar-refractivity contribution in [1.82, 2.24) is 0 Å². The normalized spacial score (nSPS) is 19.5. The summed E-state index contributed by atoms with van der Waals surface area (Å²) in [4.78, 5) is 14.6. The summed E-state index contributed by atoms with van der Waals surface area (Å²) in [5.41, 5.74) is 1.49. The number of carbonyl (C=O) groups excluding carboxylic acids is 1. The van der Waals surface area contributed by atoms with Gasteiger partial charge in [0.25, 0.3) is 0 Å². The van der Waals surface area contributed by atoms with Crippen LogP contribution < -0.4 is 0 Å². The lowest BCUT2D eigenvalue weighted by molar-refractivity contribution is -0.102. The van der Waals surface area contributed by atoms with Crippen molar-refractivity contribution in [1.29, 1.82) is 0 Å². The fourth-order valence-corrected chi connectivity index (χ4v) is 1.58. The largest absolute Gasteiger partial charge is 0.296 e. The van der Waals surface area contributed by atoms with Crippen LogP contribution in [-0.4, -0.2) is 12.0 Å². The second-order valence-corrected chi connectivity index (χ2v) is 3.47. The van der Waals surface area contributed by atoms with Crippen molar-refractivity contribution in [2.24, 2.45) is 4.99 Å². The third-order valence-electron chi connectivity index (χ3n) is 2.05. The average Bonchev–Trinajstić information content (AvgIpc) is 2.66. The third-order valence-corrected chi connectivity index (χ3v) is 2.28. The van der Waals surface area contributed by atoms with Crippen molar-refractivity contribution in [3.8, 4) is 0 Å². The van der Waals surface area contributed by atoms with Crippen LogP contribution in [0.3, 0.4) is 0 Å². The molecule has 1 heterocycles. The molecule has 0 radical (unpaired) electrons. The number of aldehydes is 1. The Morgan fingerprint density at radius 3 is 2.93 bits per heavy atom. The van der Waals surface area contributed by atoms with Crippen LogP contribution in [0.5, 0.6) is 0 Å². The Morgan fingerprint density at radius 1 is 1.43 bits per heavy atom.